The zero-order chi connectivity index (χ0) is 14.7. The number of hydrogen-bond donors (Lipinski definition) is 1. The van der Waals surface area contributed by atoms with Gasteiger partial charge in [-0.15, -0.1) is 0 Å². The Morgan fingerprint density at radius 1 is 1.55 bits per heavy atom. The number of nitrogens with zero attached hydrogens (tertiary/aromatic N) is 1. The summed E-state index contributed by atoms with van der Waals surface area (Å²) in [5, 5.41) is 3.20. The summed E-state index contributed by atoms with van der Waals surface area (Å²) in [6.45, 7) is 5.63. The molecular formula is C14H16ClFN2O2. The van der Waals surface area contributed by atoms with E-state index in [9.17, 15) is 9.18 Å². The highest BCUT2D eigenvalue weighted by Crippen LogP contribution is 2.46. The van der Waals surface area contributed by atoms with Crippen LogP contribution in [0.3, 0.4) is 0 Å². The van der Waals surface area contributed by atoms with Crippen molar-refractivity contribution in [1.82, 2.24) is 10.2 Å². The molecule has 2 amide bonds. The van der Waals surface area contributed by atoms with Gasteiger partial charge in [-0.3, -0.25) is 4.90 Å². The van der Waals surface area contributed by atoms with E-state index < -0.39 is 11.5 Å². The Labute approximate surface area is 121 Å². The number of benzene rings is 1. The van der Waals surface area contributed by atoms with Crippen molar-refractivity contribution in [3.8, 4) is 5.75 Å². The molecule has 4 nitrogen and oxygen atoms in total. The molecule has 2 aliphatic rings. The second kappa shape index (κ2) is 4.25. The Kier molecular flexibility index (Phi) is 2.87. The van der Waals surface area contributed by atoms with Crippen LogP contribution in [-0.2, 0) is 0 Å². The monoisotopic (exact) mass is 298 g/mol. The minimum absolute atomic E-state index is 0.0436. The first-order valence-corrected chi connectivity index (χ1v) is 6.97. The highest BCUT2D eigenvalue weighted by atomic mass is 35.5. The Balaban J connectivity index is 2.13. The number of carbonyl (C=O) groups excluding carboxylic acids is 1. The molecule has 3 rings (SSSR count). The van der Waals surface area contributed by atoms with Gasteiger partial charge < -0.3 is 10.1 Å². The minimum atomic E-state index is -0.844. The summed E-state index contributed by atoms with van der Waals surface area (Å²) in [7, 11) is 0. The van der Waals surface area contributed by atoms with E-state index in [0.29, 0.717) is 17.0 Å². The van der Waals surface area contributed by atoms with E-state index in [2.05, 4.69) is 5.32 Å². The Morgan fingerprint density at radius 2 is 2.25 bits per heavy atom. The third-order valence-corrected chi connectivity index (χ3v) is 4.08. The zero-order valence-corrected chi connectivity index (χ0v) is 12.3. The highest BCUT2D eigenvalue weighted by molar-refractivity contribution is 6.30. The molecule has 0 aliphatic carbocycles. The van der Waals surface area contributed by atoms with Crippen LogP contribution in [0.1, 0.15) is 38.8 Å². The summed E-state index contributed by atoms with van der Waals surface area (Å²) >= 11 is 5.89. The van der Waals surface area contributed by atoms with Gasteiger partial charge in [0.15, 0.2) is 17.3 Å². The lowest BCUT2D eigenvalue weighted by Gasteiger charge is -2.52. The van der Waals surface area contributed by atoms with Gasteiger partial charge in [-0.2, -0.15) is 0 Å². The Morgan fingerprint density at radius 3 is 2.90 bits per heavy atom. The predicted molar refractivity (Wildman–Crippen MR) is 73.3 cm³/mol. The van der Waals surface area contributed by atoms with Crippen molar-refractivity contribution in [3.63, 3.8) is 0 Å². The second-order valence-corrected chi connectivity index (χ2v) is 6.19. The molecule has 0 spiro atoms. The lowest BCUT2D eigenvalue weighted by atomic mass is 9.89. The number of amides is 2. The molecule has 1 N–H and O–H groups in total. The van der Waals surface area contributed by atoms with E-state index in [4.69, 9.17) is 16.3 Å². The van der Waals surface area contributed by atoms with E-state index in [-0.39, 0.29) is 23.9 Å². The summed E-state index contributed by atoms with van der Waals surface area (Å²) < 4.78 is 19.9. The van der Waals surface area contributed by atoms with Crippen LogP contribution in [0.2, 0.25) is 5.02 Å². The number of carbonyl (C=O) groups is 1. The SMILES string of the molecule is CC(C)N1C(=O)NC2CC1(C)Oc1c(F)cc(Cl)cc12. The minimum Gasteiger partial charge on any atom is -0.465 e. The van der Waals surface area contributed by atoms with Crippen LogP contribution in [-0.4, -0.2) is 22.7 Å². The highest BCUT2D eigenvalue weighted by Gasteiger charge is 2.50. The van der Waals surface area contributed by atoms with Crippen LogP contribution in [0.15, 0.2) is 12.1 Å². The van der Waals surface area contributed by atoms with Gasteiger partial charge in [0.05, 0.1) is 6.04 Å². The quantitative estimate of drug-likeness (QED) is 0.863. The van der Waals surface area contributed by atoms with Crippen LogP contribution in [0.25, 0.3) is 0 Å². The van der Waals surface area contributed by atoms with Gasteiger partial charge in [-0.25, -0.2) is 9.18 Å². The van der Waals surface area contributed by atoms with Crippen LogP contribution in [0, 0.1) is 5.82 Å². The fraction of sp³-hybridized carbons (Fsp3) is 0.500. The lowest BCUT2D eigenvalue weighted by Crippen LogP contribution is -2.66. The molecule has 1 aromatic rings. The number of rotatable bonds is 1. The van der Waals surface area contributed by atoms with Crippen molar-refractivity contribution < 1.29 is 13.9 Å². The lowest BCUT2D eigenvalue weighted by molar-refractivity contribution is -0.0984. The number of halogens is 2. The molecule has 0 saturated carbocycles. The third-order valence-electron chi connectivity index (χ3n) is 3.86. The first-order chi connectivity index (χ1) is 9.32. The fourth-order valence-corrected chi connectivity index (χ4v) is 3.40. The van der Waals surface area contributed by atoms with Gasteiger partial charge in [0.2, 0.25) is 0 Å². The predicted octanol–water partition coefficient (Wildman–Crippen LogP) is 3.45. The molecule has 2 bridgehead atoms. The molecule has 1 fully saturated rings. The maximum Gasteiger partial charge on any atom is 0.321 e. The van der Waals surface area contributed by atoms with Crippen molar-refractivity contribution in [2.45, 2.75) is 45.0 Å². The van der Waals surface area contributed by atoms with Gasteiger partial charge in [0.1, 0.15) is 0 Å². The van der Waals surface area contributed by atoms with Crippen LogP contribution in [0.5, 0.6) is 5.75 Å². The Hall–Kier alpha value is -1.49. The van der Waals surface area contributed by atoms with Crippen molar-refractivity contribution in [2.24, 2.45) is 0 Å². The maximum absolute atomic E-state index is 14.1. The van der Waals surface area contributed by atoms with Crippen molar-refractivity contribution >= 4 is 17.6 Å². The smallest absolute Gasteiger partial charge is 0.321 e. The molecule has 2 heterocycles. The van der Waals surface area contributed by atoms with Crippen molar-refractivity contribution in [3.05, 3.63) is 28.5 Å². The van der Waals surface area contributed by atoms with E-state index >= 15 is 0 Å². The van der Waals surface area contributed by atoms with E-state index in [1.54, 1.807) is 11.0 Å². The van der Waals surface area contributed by atoms with Crippen LogP contribution >= 0.6 is 11.6 Å². The molecule has 0 radical (unpaired) electrons. The molecule has 108 valence electrons. The number of nitrogens with one attached hydrogen (secondary N) is 1. The zero-order valence-electron chi connectivity index (χ0n) is 11.5. The number of ether oxygens (including phenoxy) is 1. The largest absolute Gasteiger partial charge is 0.465 e. The summed E-state index contributed by atoms with van der Waals surface area (Å²) in [6, 6.07) is 2.35. The van der Waals surface area contributed by atoms with E-state index in [1.807, 2.05) is 20.8 Å². The molecule has 2 unspecified atom stereocenters. The van der Waals surface area contributed by atoms with Crippen molar-refractivity contribution in [1.29, 1.82) is 0 Å². The van der Waals surface area contributed by atoms with Gasteiger partial charge in [0, 0.05) is 23.0 Å². The second-order valence-electron chi connectivity index (χ2n) is 5.75. The van der Waals surface area contributed by atoms with Crippen molar-refractivity contribution in [2.75, 3.05) is 0 Å². The van der Waals surface area contributed by atoms with Crippen LogP contribution < -0.4 is 10.1 Å². The molecular weight excluding hydrogens is 283 g/mol. The summed E-state index contributed by atoms with van der Waals surface area (Å²) in [5.74, 6) is -0.318. The topological polar surface area (TPSA) is 41.6 Å². The van der Waals surface area contributed by atoms with E-state index in [0.717, 1.165) is 0 Å². The molecule has 2 aliphatic heterocycles. The maximum atomic E-state index is 14.1. The Bertz CT molecular complexity index is 593. The molecule has 1 aromatic carbocycles. The molecule has 2 atom stereocenters. The first-order valence-electron chi connectivity index (χ1n) is 6.59. The molecule has 20 heavy (non-hydrogen) atoms. The third kappa shape index (κ3) is 1.84. The normalized spacial score (nSPS) is 28.0. The number of hydrogen-bond acceptors (Lipinski definition) is 2. The molecule has 1 saturated heterocycles. The van der Waals surface area contributed by atoms with Crippen LogP contribution in [0.4, 0.5) is 9.18 Å². The average molecular weight is 299 g/mol. The number of urea groups is 1. The van der Waals surface area contributed by atoms with E-state index in [1.165, 1.54) is 6.07 Å². The van der Waals surface area contributed by atoms with Gasteiger partial charge >= 0.3 is 6.03 Å². The van der Waals surface area contributed by atoms with Gasteiger partial charge in [0.25, 0.3) is 0 Å². The summed E-state index contributed by atoms with van der Waals surface area (Å²) in [5.41, 5.74) is -0.243. The standard InChI is InChI=1S/C14H16ClFN2O2/c1-7(2)18-13(19)17-11-6-14(18,3)20-12-9(11)4-8(15)5-10(12)16/h4-5,7,11H,6H2,1-3H3,(H,17,19). The molecule has 0 aromatic heterocycles. The average Bonchev–Trinajstić information content (AvgIpc) is 2.29. The van der Waals surface area contributed by atoms with Gasteiger partial charge in [-0.05, 0) is 32.9 Å². The molecule has 6 heteroatoms. The first kappa shape index (κ1) is 13.5. The fourth-order valence-electron chi connectivity index (χ4n) is 3.19. The summed E-state index contributed by atoms with van der Waals surface area (Å²) in [6.07, 6.45) is 0.559. The summed E-state index contributed by atoms with van der Waals surface area (Å²) in [4.78, 5) is 13.9. The van der Waals surface area contributed by atoms with Gasteiger partial charge in [-0.1, -0.05) is 11.6 Å². The number of fused-ring (bicyclic) bond motifs is 4.